The number of nitrogens with zero attached hydrogens (tertiary/aromatic N) is 1. The van der Waals surface area contributed by atoms with Gasteiger partial charge in [0.15, 0.2) is 6.61 Å². The van der Waals surface area contributed by atoms with Gasteiger partial charge in [0.1, 0.15) is 0 Å². The molecule has 0 fully saturated rings. The summed E-state index contributed by atoms with van der Waals surface area (Å²) in [5.74, 6) is -0.681. The average molecular weight is 394 g/mol. The van der Waals surface area contributed by atoms with Crippen molar-refractivity contribution in [3.63, 3.8) is 0 Å². The van der Waals surface area contributed by atoms with E-state index in [0.717, 1.165) is 12.8 Å². The minimum absolute atomic E-state index is 0.146. The molecule has 7 nitrogen and oxygen atoms in total. The lowest BCUT2D eigenvalue weighted by Crippen LogP contribution is -2.33. The van der Waals surface area contributed by atoms with Crippen molar-refractivity contribution in [3.05, 3.63) is 36.4 Å². The Morgan fingerprint density at radius 2 is 1.93 bits per heavy atom. The molecule has 27 heavy (non-hydrogen) atoms. The monoisotopic (exact) mass is 394 g/mol. The van der Waals surface area contributed by atoms with Gasteiger partial charge in [0.05, 0.1) is 11.3 Å². The summed E-state index contributed by atoms with van der Waals surface area (Å²) in [6.07, 6.45) is 6.21. The third kappa shape index (κ3) is 5.90. The quantitative estimate of drug-likeness (QED) is 0.540. The van der Waals surface area contributed by atoms with Crippen LogP contribution in [0.15, 0.2) is 41.3 Å². The number of esters is 1. The maximum atomic E-state index is 12.4. The van der Waals surface area contributed by atoms with E-state index >= 15 is 0 Å². The maximum absolute atomic E-state index is 12.4. The Morgan fingerprint density at radius 1 is 1.26 bits per heavy atom. The highest BCUT2D eigenvalue weighted by atomic mass is 32.2. The molecule has 0 saturated carbocycles. The summed E-state index contributed by atoms with van der Waals surface area (Å²) in [7, 11) is -2.05. The van der Waals surface area contributed by atoms with Crippen LogP contribution >= 0.6 is 0 Å². The van der Waals surface area contributed by atoms with Crippen LogP contribution in [-0.2, 0) is 24.3 Å². The fraction of sp³-hybridized carbons (Fsp3) is 0.474. The van der Waals surface area contributed by atoms with Crippen molar-refractivity contribution in [2.24, 2.45) is 5.92 Å². The Bertz CT molecular complexity index is 800. The third-order valence-electron chi connectivity index (χ3n) is 4.45. The van der Waals surface area contributed by atoms with Crippen molar-refractivity contribution in [2.75, 3.05) is 19.0 Å². The number of anilines is 1. The first-order valence-electron chi connectivity index (χ1n) is 8.90. The zero-order valence-corrected chi connectivity index (χ0v) is 16.7. The minimum atomic E-state index is -3.57. The van der Waals surface area contributed by atoms with Crippen LogP contribution in [0.1, 0.15) is 33.1 Å². The SMILES string of the molecule is CC(C)N(C)S(=O)(=O)c1ccc(NC(=O)COC(=O)C[C@H]2C=CCC2)cc1. The van der Waals surface area contributed by atoms with Gasteiger partial charge in [0, 0.05) is 18.8 Å². The Morgan fingerprint density at radius 3 is 2.48 bits per heavy atom. The van der Waals surface area contributed by atoms with Gasteiger partial charge in [-0.15, -0.1) is 0 Å². The van der Waals surface area contributed by atoms with E-state index in [0.29, 0.717) is 5.69 Å². The van der Waals surface area contributed by atoms with E-state index in [9.17, 15) is 18.0 Å². The van der Waals surface area contributed by atoms with Crippen LogP contribution in [0.4, 0.5) is 5.69 Å². The number of allylic oxidation sites excluding steroid dienone is 2. The van der Waals surface area contributed by atoms with E-state index in [4.69, 9.17) is 4.74 Å². The van der Waals surface area contributed by atoms with Crippen LogP contribution in [0.25, 0.3) is 0 Å². The smallest absolute Gasteiger partial charge is 0.306 e. The van der Waals surface area contributed by atoms with Gasteiger partial charge in [-0.2, -0.15) is 4.31 Å². The summed E-state index contributed by atoms with van der Waals surface area (Å²) in [5.41, 5.74) is 0.431. The number of hydrogen-bond donors (Lipinski definition) is 1. The van der Waals surface area contributed by atoms with Gasteiger partial charge in [-0.3, -0.25) is 9.59 Å². The lowest BCUT2D eigenvalue weighted by atomic mass is 10.1. The largest absolute Gasteiger partial charge is 0.456 e. The topological polar surface area (TPSA) is 92.8 Å². The number of sulfonamides is 1. The molecule has 1 aromatic carbocycles. The number of hydrogen-bond acceptors (Lipinski definition) is 5. The Balaban J connectivity index is 1.85. The molecule has 1 N–H and O–H groups in total. The molecule has 148 valence electrons. The summed E-state index contributed by atoms with van der Waals surface area (Å²) in [6, 6.07) is 5.71. The van der Waals surface area contributed by atoms with Crippen LogP contribution in [0.3, 0.4) is 0 Å². The van der Waals surface area contributed by atoms with Crippen molar-refractivity contribution in [1.82, 2.24) is 4.31 Å². The van der Waals surface area contributed by atoms with Gasteiger partial charge in [-0.05, 0) is 56.9 Å². The van der Waals surface area contributed by atoms with Crippen molar-refractivity contribution in [2.45, 2.75) is 44.0 Å². The number of rotatable bonds is 8. The summed E-state index contributed by atoms with van der Waals surface area (Å²) >= 11 is 0. The maximum Gasteiger partial charge on any atom is 0.306 e. The van der Waals surface area contributed by atoms with Gasteiger partial charge in [0.2, 0.25) is 10.0 Å². The van der Waals surface area contributed by atoms with Gasteiger partial charge in [0.25, 0.3) is 5.91 Å². The third-order valence-corrected chi connectivity index (χ3v) is 6.50. The molecule has 1 atom stereocenters. The predicted molar refractivity (Wildman–Crippen MR) is 103 cm³/mol. The van der Waals surface area contributed by atoms with E-state index in [2.05, 4.69) is 5.32 Å². The van der Waals surface area contributed by atoms with Crippen LogP contribution in [0.2, 0.25) is 0 Å². The lowest BCUT2D eigenvalue weighted by Gasteiger charge is -2.21. The summed E-state index contributed by atoms with van der Waals surface area (Å²) in [5, 5.41) is 2.58. The molecule has 0 spiro atoms. The molecule has 1 aliphatic carbocycles. The molecule has 0 saturated heterocycles. The van der Waals surface area contributed by atoms with E-state index in [1.807, 2.05) is 12.2 Å². The normalized spacial score (nSPS) is 16.7. The molecule has 0 radical (unpaired) electrons. The van der Waals surface area contributed by atoms with Gasteiger partial charge in [-0.25, -0.2) is 8.42 Å². The molecule has 0 unspecified atom stereocenters. The lowest BCUT2D eigenvalue weighted by molar-refractivity contribution is -0.147. The molecule has 2 rings (SSSR count). The Labute approximate surface area is 160 Å². The highest BCUT2D eigenvalue weighted by molar-refractivity contribution is 7.89. The molecule has 0 aliphatic heterocycles. The van der Waals surface area contributed by atoms with Gasteiger partial charge < -0.3 is 10.1 Å². The molecule has 0 aromatic heterocycles. The minimum Gasteiger partial charge on any atom is -0.456 e. The molecule has 0 bridgehead atoms. The first kappa shape index (κ1) is 21.1. The summed E-state index contributed by atoms with van der Waals surface area (Å²) in [4.78, 5) is 23.8. The van der Waals surface area contributed by atoms with Gasteiger partial charge >= 0.3 is 5.97 Å². The van der Waals surface area contributed by atoms with Crippen molar-refractivity contribution in [3.8, 4) is 0 Å². The Hall–Kier alpha value is -2.19. The zero-order chi connectivity index (χ0) is 20.0. The van der Waals surface area contributed by atoms with Crippen molar-refractivity contribution >= 4 is 27.6 Å². The van der Waals surface area contributed by atoms with E-state index in [-0.39, 0.29) is 29.9 Å². The zero-order valence-electron chi connectivity index (χ0n) is 15.8. The number of carbonyl (C=O) groups is 2. The number of ether oxygens (including phenoxy) is 1. The second-order valence-corrected chi connectivity index (χ2v) is 8.82. The highest BCUT2D eigenvalue weighted by Gasteiger charge is 2.23. The first-order chi connectivity index (χ1) is 12.7. The van der Waals surface area contributed by atoms with Crippen molar-refractivity contribution in [1.29, 1.82) is 0 Å². The van der Waals surface area contributed by atoms with Crippen LogP contribution in [-0.4, -0.2) is 44.3 Å². The number of carbonyl (C=O) groups excluding carboxylic acids is 2. The first-order valence-corrected chi connectivity index (χ1v) is 10.3. The fourth-order valence-corrected chi connectivity index (χ4v) is 4.00. The van der Waals surface area contributed by atoms with Crippen LogP contribution in [0, 0.1) is 5.92 Å². The van der Waals surface area contributed by atoms with E-state index in [1.54, 1.807) is 13.8 Å². The molecule has 1 aliphatic rings. The van der Waals surface area contributed by atoms with E-state index < -0.39 is 21.9 Å². The second-order valence-electron chi connectivity index (χ2n) is 6.82. The Kier molecular flexibility index (Phi) is 7.15. The molecule has 8 heteroatoms. The average Bonchev–Trinajstić information content (AvgIpc) is 3.12. The molecular formula is C19H26N2O5S. The number of benzene rings is 1. The summed E-state index contributed by atoms with van der Waals surface area (Å²) < 4.78 is 31.1. The number of amides is 1. The van der Waals surface area contributed by atoms with E-state index in [1.165, 1.54) is 35.6 Å². The van der Waals surface area contributed by atoms with Crippen LogP contribution in [0.5, 0.6) is 0 Å². The molecule has 1 aromatic rings. The highest BCUT2D eigenvalue weighted by Crippen LogP contribution is 2.21. The fourth-order valence-electron chi connectivity index (χ4n) is 2.64. The summed E-state index contributed by atoms with van der Waals surface area (Å²) in [6.45, 7) is 3.21. The van der Waals surface area contributed by atoms with Crippen molar-refractivity contribution < 1.29 is 22.7 Å². The molecule has 1 amide bonds. The molecule has 0 heterocycles. The second kappa shape index (κ2) is 9.14. The van der Waals surface area contributed by atoms with Crippen LogP contribution < -0.4 is 5.32 Å². The standard InChI is InChI=1S/C19H26N2O5S/c1-14(2)21(3)27(24,25)17-10-8-16(9-11-17)20-18(22)13-26-19(23)12-15-6-4-5-7-15/h4,6,8-11,14-15H,5,7,12-13H2,1-3H3,(H,20,22)/t15-/m0/s1. The van der Waals surface area contributed by atoms with Gasteiger partial charge in [-0.1, -0.05) is 12.2 Å². The predicted octanol–water partition coefficient (Wildman–Crippen LogP) is 2.55. The molecular weight excluding hydrogens is 368 g/mol. The number of nitrogens with one attached hydrogen (secondary N) is 1.